The smallest absolute Gasteiger partial charge is 0.242 e. The van der Waals surface area contributed by atoms with E-state index < -0.39 is 21.3 Å². The Labute approximate surface area is 115 Å². The largest absolute Gasteiger partial charge is 0.349 e. The summed E-state index contributed by atoms with van der Waals surface area (Å²) in [6.07, 6.45) is 1.56. The van der Waals surface area contributed by atoms with E-state index in [4.69, 9.17) is 17.3 Å². The van der Waals surface area contributed by atoms with Crippen LogP contribution in [0.4, 0.5) is 0 Å². The molecule has 0 radical (unpaired) electrons. The first kappa shape index (κ1) is 14.2. The molecule has 1 aromatic rings. The van der Waals surface area contributed by atoms with Crippen LogP contribution in [-0.4, -0.2) is 52.2 Å². The van der Waals surface area contributed by atoms with E-state index in [-0.39, 0.29) is 30.5 Å². The quantitative estimate of drug-likeness (QED) is 0.637. The molecule has 1 amide bonds. The van der Waals surface area contributed by atoms with Gasteiger partial charge in [-0.25, -0.2) is 13.1 Å². The van der Waals surface area contributed by atoms with E-state index in [9.17, 15) is 13.2 Å². The predicted octanol–water partition coefficient (Wildman–Crippen LogP) is -1.74. The monoisotopic (exact) mass is 307 g/mol. The molecular weight excluding hydrogens is 294 g/mol. The molecule has 1 aliphatic heterocycles. The van der Waals surface area contributed by atoms with Gasteiger partial charge in [0.1, 0.15) is 6.54 Å². The summed E-state index contributed by atoms with van der Waals surface area (Å²) in [6, 6.07) is -0.559. The van der Waals surface area contributed by atoms with Crippen LogP contribution in [0, 0.1) is 0 Å². The minimum absolute atomic E-state index is 0.0485. The van der Waals surface area contributed by atoms with Crippen LogP contribution in [0.15, 0.2) is 6.20 Å². The molecule has 0 aromatic carbocycles. The van der Waals surface area contributed by atoms with Crippen LogP contribution >= 0.6 is 11.6 Å². The standard InChI is InChI=1S/C9H14ClN5O3S/c10-7-4-19(17,18)5-8(7)12-9(16)3-15-2-6(1-11)13-14-15/h2,7-8H,1,3-5,11H2,(H,12,16). The van der Waals surface area contributed by atoms with Gasteiger partial charge in [-0.1, -0.05) is 5.21 Å². The number of hydrogen-bond donors (Lipinski definition) is 2. The molecule has 0 bridgehead atoms. The highest BCUT2D eigenvalue weighted by Gasteiger charge is 2.37. The molecule has 2 unspecified atom stereocenters. The molecular formula is C9H14ClN5O3S. The van der Waals surface area contributed by atoms with Crippen molar-refractivity contribution in [1.29, 1.82) is 0 Å². The molecule has 2 heterocycles. The van der Waals surface area contributed by atoms with Gasteiger partial charge in [0.05, 0.1) is 34.8 Å². The van der Waals surface area contributed by atoms with Gasteiger partial charge in [0, 0.05) is 6.54 Å². The molecule has 0 aliphatic carbocycles. The summed E-state index contributed by atoms with van der Waals surface area (Å²) in [4.78, 5) is 11.7. The fourth-order valence-electron chi connectivity index (χ4n) is 1.85. The molecule has 8 nitrogen and oxygen atoms in total. The van der Waals surface area contributed by atoms with Gasteiger partial charge >= 0.3 is 0 Å². The molecule has 1 aromatic heterocycles. The highest BCUT2D eigenvalue weighted by atomic mass is 35.5. The average Bonchev–Trinajstić information content (AvgIpc) is 2.83. The van der Waals surface area contributed by atoms with Gasteiger partial charge in [-0.15, -0.1) is 16.7 Å². The number of carbonyl (C=O) groups is 1. The first-order valence-corrected chi connectivity index (χ1v) is 7.88. The lowest BCUT2D eigenvalue weighted by atomic mass is 10.2. The minimum Gasteiger partial charge on any atom is -0.349 e. The van der Waals surface area contributed by atoms with Crippen molar-refractivity contribution in [2.24, 2.45) is 5.73 Å². The van der Waals surface area contributed by atoms with Crippen LogP contribution in [0.25, 0.3) is 0 Å². The van der Waals surface area contributed by atoms with Gasteiger partial charge < -0.3 is 11.1 Å². The lowest BCUT2D eigenvalue weighted by Crippen LogP contribution is -2.42. The number of nitrogens with two attached hydrogens (primary N) is 1. The Morgan fingerprint density at radius 2 is 2.32 bits per heavy atom. The highest BCUT2D eigenvalue weighted by molar-refractivity contribution is 7.91. The Bertz CT molecular complexity index is 572. The molecule has 2 rings (SSSR count). The number of rotatable bonds is 4. The Balaban J connectivity index is 1.91. The number of carbonyl (C=O) groups excluding carboxylic acids is 1. The molecule has 2 atom stereocenters. The summed E-state index contributed by atoms with van der Waals surface area (Å²) in [7, 11) is -3.16. The van der Waals surface area contributed by atoms with Crippen LogP contribution in [0.3, 0.4) is 0 Å². The predicted molar refractivity (Wildman–Crippen MR) is 68.1 cm³/mol. The number of halogens is 1. The second kappa shape index (κ2) is 5.43. The third-order valence-corrected chi connectivity index (χ3v) is 5.11. The Hall–Kier alpha value is -1.19. The van der Waals surface area contributed by atoms with Crippen LogP contribution in [0.2, 0.25) is 0 Å². The second-order valence-electron chi connectivity index (χ2n) is 4.38. The maximum Gasteiger partial charge on any atom is 0.242 e. The molecule has 3 N–H and O–H groups in total. The normalized spacial score (nSPS) is 25.4. The number of alkyl halides is 1. The maximum absolute atomic E-state index is 11.7. The molecule has 1 aliphatic rings. The van der Waals surface area contributed by atoms with Gasteiger partial charge in [-0.3, -0.25) is 4.79 Å². The summed E-state index contributed by atoms with van der Waals surface area (Å²) < 4.78 is 24.0. The van der Waals surface area contributed by atoms with Crippen molar-refractivity contribution in [1.82, 2.24) is 20.3 Å². The van der Waals surface area contributed by atoms with Crippen LogP contribution < -0.4 is 11.1 Å². The van der Waals surface area contributed by atoms with Crippen molar-refractivity contribution < 1.29 is 13.2 Å². The highest BCUT2D eigenvalue weighted by Crippen LogP contribution is 2.17. The third kappa shape index (κ3) is 3.64. The van der Waals surface area contributed by atoms with E-state index in [2.05, 4.69) is 15.6 Å². The van der Waals surface area contributed by atoms with Crippen molar-refractivity contribution >= 4 is 27.3 Å². The fourth-order valence-corrected chi connectivity index (χ4v) is 4.40. The first-order chi connectivity index (χ1) is 8.89. The van der Waals surface area contributed by atoms with E-state index in [0.29, 0.717) is 5.69 Å². The molecule has 0 saturated carbocycles. The molecule has 106 valence electrons. The van der Waals surface area contributed by atoms with E-state index in [1.807, 2.05) is 0 Å². The number of sulfone groups is 1. The Morgan fingerprint density at radius 3 is 2.84 bits per heavy atom. The summed E-state index contributed by atoms with van der Waals surface area (Å²) in [6.45, 7) is 0.194. The summed E-state index contributed by atoms with van der Waals surface area (Å²) in [5.74, 6) is -0.598. The van der Waals surface area contributed by atoms with Crippen molar-refractivity contribution in [3.63, 3.8) is 0 Å². The van der Waals surface area contributed by atoms with E-state index in [0.717, 1.165) is 0 Å². The summed E-state index contributed by atoms with van der Waals surface area (Å²) in [5, 5.41) is 9.46. The van der Waals surface area contributed by atoms with Gasteiger partial charge in [0.2, 0.25) is 5.91 Å². The third-order valence-electron chi connectivity index (χ3n) is 2.73. The zero-order chi connectivity index (χ0) is 14.0. The van der Waals surface area contributed by atoms with Gasteiger partial charge in [0.15, 0.2) is 9.84 Å². The van der Waals surface area contributed by atoms with E-state index in [1.165, 1.54) is 4.68 Å². The van der Waals surface area contributed by atoms with Crippen LogP contribution in [0.1, 0.15) is 5.69 Å². The summed E-state index contributed by atoms with van der Waals surface area (Å²) in [5.41, 5.74) is 5.95. The molecule has 1 fully saturated rings. The van der Waals surface area contributed by atoms with Crippen molar-refractivity contribution in [2.75, 3.05) is 11.5 Å². The van der Waals surface area contributed by atoms with E-state index in [1.54, 1.807) is 6.20 Å². The zero-order valence-corrected chi connectivity index (χ0v) is 11.6. The Kier molecular flexibility index (Phi) is 4.07. The zero-order valence-electron chi connectivity index (χ0n) is 9.99. The number of aromatic nitrogens is 3. The number of nitrogens with zero attached hydrogens (tertiary/aromatic N) is 3. The topological polar surface area (TPSA) is 120 Å². The number of amides is 1. The minimum atomic E-state index is -3.16. The van der Waals surface area contributed by atoms with Crippen molar-refractivity contribution in [3.05, 3.63) is 11.9 Å². The number of hydrogen-bond acceptors (Lipinski definition) is 6. The second-order valence-corrected chi connectivity index (χ2v) is 7.09. The Morgan fingerprint density at radius 1 is 1.58 bits per heavy atom. The molecule has 19 heavy (non-hydrogen) atoms. The molecule has 1 saturated heterocycles. The lowest BCUT2D eigenvalue weighted by Gasteiger charge is -2.13. The first-order valence-electron chi connectivity index (χ1n) is 5.62. The SMILES string of the molecule is NCc1cn(CC(=O)NC2CS(=O)(=O)CC2Cl)nn1. The molecule has 0 spiro atoms. The van der Waals surface area contributed by atoms with Gasteiger partial charge in [0.25, 0.3) is 0 Å². The van der Waals surface area contributed by atoms with Gasteiger partial charge in [-0.2, -0.15) is 0 Å². The fraction of sp³-hybridized carbons (Fsp3) is 0.667. The van der Waals surface area contributed by atoms with Crippen LogP contribution in [-0.2, 0) is 27.7 Å². The van der Waals surface area contributed by atoms with Gasteiger partial charge in [-0.05, 0) is 0 Å². The maximum atomic E-state index is 11.7. The summed E-state index contributed by atoms with van der Waals surface area (Å²) >= 11 is 5.89. The van der Waals surface area contributed by atoms with Crippen molar-refractivity contribution in [2.45, 2.75) is 24.5 Å². The van der Waals surface area contributed by atoms with Crippen molar-refractivity contribution in [3.8, 4) is 0 Å². The average molecular weight is 308 g/mol. The number of nitrogens with one attached hydrogen (secondary N) is 1. The van der Waals surface area contributed by atoms with Crippen LogP contribution in [0.5, 0.6) is 0 Å². The van der Waals surface area contributed by atoms with E-state index >= 15 is 0 Å². The lowest BCUT2D eigenvalue weighted by molar-refractivity contribution is -0.122. The molecule has 10 heteroatoms.